The van der Waals surface area contributed by atoms with Gasteiger partial charge in [0.15, 0.2) is 5.84 Å². The smallest absolute Gasteiger partial charge is 0.154 e. The maximum absolute atomic E-state index is 5.60. The van der Waals surface area contributed by atoms with Gasteiger partial charge in [0, 0.05) is 26.5 Å². The van der Waals surface area contributed by atoms with Gasteiger partial charge in [0.2, 0.25) is 0 Å². The minimum absolute atomic E-state index is 0.640. The zero-order chi connectivity index (χ0) is 21.2. The van der Waals surface area contributed by atoms with Crippen molar-refractivity contribution in [1.82, 2.24) is 5.43 Å². The van der Waals surface area contributed by atoms with E-state index in [9.17, 15) is 0 Å². The van der Waals surface area contributed by atoms with Gasteiger partial charge in [-0.05, 0) is 54.8 Å². The van der Waals surface area contributed by atoms with Crippen LogP contribution in [0.2, 0.25) is 0 Å². The third-order valence-corrected chi connectivity index (χ3v) is 5.74. The molecule has 1 aliphatic heterocycles. The molecule has 0 aliphatic carbocycles. The lowest BCUT2D eigenvalue weighted by molar-refractivity contribution is 0.340. The highest BCUT2D eigenvalue weighted by Crippen LogP contribution is 2.34. The predicted molar refractivity (Wildman–Crippen MR) is 131 cm³/mol. The van der Waals surface area contributed by atoms with E-state index in [2.05, 4.69) is 45.6 Å². The molecular weight excluding hydrogens is 450 g/mol. The van der Waals surface area contributed by atoms with Crippen LogP contribution in [0.5, 0.6) is 5.75 Å². The molecule has 0 saturated carbocycles. The highest BCUT2D eigenvalue weighted by molar-refractivity contribution is 9.10. The molecule has 0 bridgehead atoms. The summed E-state index contributed by atoms with van der Waals surface area (Å²) in [6, 6.07) is 28.6. The van der Waals surface area contributed by atoms with Gasteiger partial charge in [0.1, 0.15) is 11.5 Å². The zero-order valence-electron chi connectivity index (χ0n) is 17.0. The Labute approximate surface area is 189 Å². The Hall–Kier alpha value is -3.44. The number of nitrogens with one attached hydrogen (secondary N) is 1. The summed E-state index contributed by atoms with van der Waals surface area (Å²) in [5.41, 5.74) is 7.93. The molecule has 0 unspecified atom stereocenters. The predicted octanol–water partition coefficient (Wildman–Crippen LogP) is 6.43. The lowest BCUT2D eigenvalue weighted by Crippen LogP contribution is -2.19. The number of amidine groups is 1. The molecule has 0 aromatic heterocycles. The molecule has 1 N–H and O–H groups in total. The summed E-state index contributed by atoms with van der Waals surface area (Å²) in [6.07, 6.45) is 0. The van der Waals surface area contributed by atoms with Crippen LogP contribution in [0.25, 0.3) is 10.8 Å². The first kappa shape index (κ1) is 19.5. The molecule has 0 saturated heterocycles. The summed E-state index contributed by atoms with van der Waals surface area (Å²) < 4.78 is 6.63. The van der Waals surface area contributed by atoms with E-state index < -0.39 is 0 Å². The highest BCUT2D eigenvalue weighted by Gasteiger charge is 2.19. The van der Waals surface area contributed by atoms with Gasteiger partial charge in [-0.1, -0.05) is 58.4 Å². The number of fused-ring (bicyclic) bond motifs is 3. The van der Waals surface area contributed by atoms with E-state index in [0.29, 0.717) is 12.4 Å². The molecule has 152 valence electrons. The van der Waals surface area contributed by atoms with Crippen molar-refractivity contribution in [2.24, 2.45) is 10.1 Å². The summed E-state index contributed by atoms with van der Waals surface area (Å²) in [6.45, 7) is 2.62. The molecule has 1 aliphatic rings. The first-order chi connectivity index (χ1) is 15.2. The van der Waals surface area contributed by atoms with Crippen molar-refractivity contribution in [2.45, 2.75) is 6.92 Å². The fraction of sp³-hybridized carbons (Fsp3) is 0.0769. The van der Waals surface area contributed by atoms with Crippen molar-refractivity contribution >= 4 is 43.9 Å². The number of hydrogen-bond donors (Lipinski definition) is 1. The molecule has 4 nitrogen and oxygen atoms in total. The van der Waals surface area contributed by atoms with Crippen LogP contribution >= 0.6 is 15.9 Å². The van der Waals surface area contributed by atoms with Crippen molar-refractivity contribution in [2.75, 3.05) is 6.61 Å². The number of halogens is 1. The standard InChI is InChI=1S/C26H20BrN3O/c1-2-31-21-14-9-18(10-15-21)24-23-16-11-17-5-3-4-6-22(17)25(23)28-26(30-29-24)19-7-12-20(27)13-8-19/h3-16H,2H2,1H3,(H,28,30). The molecule has 1 heterocycles. The molecule has 0 amide bonds. The van der Waals surface area contributed by atoms with Crippen molar-refractivity contribution in [1.29, 1.82) is 0 Å². The third-order valence-electron chi connectivity index (χ3n) is 5.21. The first-order valence-electron chi connectivity index (χ1n) is 10.2. The molecule has 0 fully saturated rings. The maximum Gasteiger partial charge on any atom is 0.154 e. The second kappa shape index (κ2) is 8.36. The third kappa shape index (κ3) is 3.84. The number of aliphatic imine (C=N–C) groups is 1. The van der Waals surface area contributed by atoms with Gasteiger partial charge in [0.25, 0.3) is 0 Å². The van der Waals surface area contributed by atoms with Gasteiger partial charge >= 0.3 is 0 Å². The molecule has 31 heavy (non-hydrogen) atoms. The quantitative estimate of drug-likeness (QED) is 0.373. The van der Waals surface area contributed by atoms with E-state index in [1.54, 1.807) is 0 Å². The van der Waals surface area contributed by atoms with Gasteiger partial charge in [0.05, 0.1) is 12.3 Å². The van der Waals surface area contributed by atoms with Crippen LogP contribution in [-0.2, 0) is 0 Å². The number of nitrogens with zero attached hydrogens (tertiary/aromatic N) is 2. The number of rotatable bonds is 4. The average molecular weight is 470 g/mol. The van der Waals surface area contributed by atoms with E-state index in [1.807, 2.05) is 67.6 Å². The average Bonchev–Trinajstić information content (AvgIpc) is 3.00. The van der Waals surface area contributed by atoms with Crippen LogP contribution in [-0.4, -0.2) is 18.2 Å². The zero-order valence-corrected chi connectivity index (χ0v) is 18.6. The minimum atomic E-state index is 0.640. The fourth-order valence-corrected chi connectivity index (χ4v) is 3.97. The summed E-state index contributed by atoms with van der Waals surface area (Å²) >= 11 is 3.50. The summed E-state index contributed by atoms with van der Waals surface area (Å²) in [5, 5.41) is 7.02. The second-order valence-electron chi connectivity index (χ2n) is 7.18. The van der Waals surface area contributed by atoms with Crippen molar-refractivity contribution in [3.8, 4) is 5.75 Å². The van der Waals surface area contributed by atoms with Crippen LogP contribution in [0.1, 0.15) is 23.6 Å². The normalized spacial score (nSPS) is 13.0. The van der Waals surface area contributed by atoms with E-state index in [4.69, 9.17) is 14.8 Å². The molecule has 0 atom stereocenters. The number of ether oxygens (including phenoxy) is 1. The van der Waals surface area contributed by atoms with Crippen molar-refractivity contribution < 1.29 is 4.74 Å². The monoisotopic (exact) mass is 469 g/mol. The Balaban J connectivity index is 1.69. The van der Waals surface area contributed by atoms with E-state index in [1.165, 1.54) is 0 Å². The van der Waals surface area contributed by atoms with E-state index in [0.717, 1.165) is 49.1 Å². The van der Waals surface area contributed by atoms with Crippen molar-refractivity contribution in [3.05, 3.63) is 106 Å². The van der Waals surface area contributed by atoms with Gasteiger partial charge < -0.3 is 4.74 Å². The summed E-state index contributed by atoms with van der Waals surface area (Å²) in [5.74, 6) is 1.56. The molecule has 5 rings (SSSR count). The van der Waals surface area contributed by atoms with Gasteiger partial charge in [-0.25, -0.2) is 4.99 Å². The van der Waals surface area contributed by atoms with Gasteiger partial charge in [-0.3, -0.25) is 5.43 Å². The van der Waals surface area contributed by atoms with Gasteiger partial charge in [-0.15, -0.1) is 0 Å². The summed E-state index contributed by atoms with van der Waals surface area (Å²) in [4.78, 5) is 5.04. The first-order valence-corrected chi connectivity index (χ1v) is 11.0. The Bertz CT molecular complexity index is 1310. The largest absolute Gasteiger partial charge is 0.494 e. The lowest BCUT2D eigenvalue weighted by Gasteiger charge is -2.11. The van der Waals surface area contributed by atoms with Crippen LogP contribution in [0, 0.1) is 0 Å². The Morgan fingerprint density at radius 2 is 1.58 bits per heavy atom. The number of benzene rings is 4. The lowest BCUT2D eigenvalue weighted by atomic mass is 9.97. The van der Waals surface area contributed by atoms with Crippen LogP contribution < -0.4 is 10.2 Å². The Morgan fingerprint density at radius 1 is 0.839 bits per heavy atom. The van der Waals surface area contributed by atoms with Crippen LogP contribution in [0.15, 0.2) is 99.5 Å². The van der Waals surface area contributed by atoms with E-state index in [-0.39, 0.29) is 0 Å². The molecule has 4 aromatic carbocycles. The number of hydrazone groups is 1. The van der Waals surface area contributed by atoms with Crippen molar-refractivity contribution in [3.63, 3.8) is 0 Å². The Morgan fingerprint density at radius 3 is 2.35 bits per heavy atom. The van der Waals surface area contributed by atoms with Gasteiger partial charge in [-0.2, -0.15) is 5.10 Å². The van der Waals surface area contributed by atoms with Crippen LogP contribution in [0.4, 0.5) is 5.69 Å². The Kier molecular flexibility index (Phi) is 5.26. The minimum Gasteiger partial charge on any atom is -0.494 e. The summed E-state index contributed by atoms with van der Waals surface area (Å²) in [7, 11) is 0. The SMILES string of the molecule is CCOc1ccc(C2=NNC(c3ccc(Br)cc3)=Nc3c2ccc2ccccc32)cc1. The molecule has 0 spiro atoms. The van der Waals surface area contributed by atoms with E-state index >= 15 is 0 Å². The highest BCUT2D eigenvalue weighted by atomic mass is 79.9. The number of hydrogen-bond acceptors (Lipinski definition) is 4. The fourth-order valence-electron chi connectivity index (χ4n) is 3.71. The van der Waals surface area contributed by atoms with Crippen LogP contribution in [0.3, 0.4) is 0 Å². The maximum atomic E-state index is 5.60. The molecule has 4 aromatic rings. The molecule has 5 heteroatoms. The topological polar surface area (TPSA) is 46.0 Å². The molecular formula is C26H20BrN3O. The molecule has 0 radical (unpaired) electrons. The second-order valence-corrected chi connectivity index (χ2v) is 8.10.